The van der Waals surface area contributed by atoms with Crippen molar-refractivity contribution in [1.82, 2.24) is 10.6 Å². The Morgan fingerprint density at radius 3 is 2.79 bits per heavy atom. The molecule has 0 bridgehead atoms. The molecule has 6 heteroatoms. The van der Waals surface area contributed by atoms with Gasteiger partial charge in [-0.2, -0.15) is 0 Å². The van der Waals surface area contributed by atoms with Crippen LogP contribution in [0.2, 0.25) is 0 Å². The van der Waals surface area contributed by atoms with E-state index in [1.165, 1.54) is 14.2 Å². The molecule has 0 aromatic rings. The Labute approximate surface area is 81.2 Å². The minimum absolute atomic E-state index is 0.164. The van der Waals surface area contributed by atoms with Crippen LogP contribution in [0.1, 0.15) is 0 Å². The molecule has 0 radical (unpaired) electrons. The van der Waals surface area contributed by atoms with E-state index >= 15 is 0 Å². The van der Waals surface area contributed by atoms with Gasteiger partial charge in [-0.25, -0.2) is 9.59 Å². The molecule has 1 aliphatic rings. The number of hydrogen-bond acceptors (Lipinski definition) is 4. The molecule has 14 heavy (non-hydrogen) atoms. The van der Waals surface area contributed by atoms with Crippen molar-refractivity contribution < 1.29 is 19.1 Å². The van der Waals surface area contributed by atoms with E-state index < -0.39 is 5.97 Å². The lowest BCUT2D eigenvalue weighted by Crippen LogP contribution is -2.44. The fraction of sp³-hybridized carbons (Fsp3) is 0.500. The zero-order chi connectivity index (χ0) is 10.6. The summed E-state index contributed by atoms with van der Waals surface area (Å²) in [6.07, 6.45) is 0. The molecule has 1 aliphatic heterocycles. The molecule has 0 aliphatic carbocycles. The molecule has 0 aromatic heterocycles. The summed E-state index contributed by atoms with van der Waals surface area (Å²) in [6, 6.07) is -0.343. The Balaban J connectivity index is 2.87. The van der Waals surface area contributed by atoms with Crippen LogP contribution in [0.4, 0.5) is 4.79 Å². The number of ether oxygens (including phenoxy) is 2. The topological polar surface area (TPSA) is 76.7 Å². The van der Waals surface area contributed by atoms with Crippen LogP contribution < -0.4 is 10.6 Å². The molecule has 0 saturated carbocycles. The first-order valence-electron chi connectivity index (χ1n) is 4.03. The van der Waals surface area contributed by atoms with Crippen molar-refractivity contribution in [1.29, 1.82) is 0 Å². The average molecular weight is 200 g/mol. The second-order valence-electron chi connectivity index (χ2n) is 2.69. The van der Waals surface area contributed by atoms with E-state index in [0.717, 1.165) is 0 Å². The van der Waals surface area contributed by atoms with E-state index in [9.17, 15) is 9.59 Å². The molecule has 0 saturated heterocycles. The third-order valence-electron chi connectivity index (χ3n) is 1.77. The van der Waals surface area contributed by atoms with E-state index in [-0.39, 0.29) is 19.2 Å². The van der Waals surface area contributed by atoms with Gasteiger partial charge in [-0.1, -0.05) is 0 Å². The standard InChI is InChI=1S/C8H12N2O4/c1-13-4-6-5(7(11)14-2)3-9-8(12)10-6/h3-4H2,1-2H3,(H2,9,10,12). The summed E-state index contributed by atoms with van der Waals surface area (Å²) >= 11 is 0. The molecule has 0 fully saturated rings. The van der Waals surface area contributed by atoms with Crippen LogP contribution in [0.15, 0.2) is 11.3 Å². The number of urea groups is 1. The van der Waals surface area contributed by atoms with Crippen molar-refractivity contribution in [3.8, 4) is 0 Å². The Morgan fingerprint density at radius 2 is 2.21 bits per heavy atom. The molecule has 6 nitrogen and oxygen atoms in total. The van der Waals surface area contributed by atoms with Crippen LogP contribution >= 0.6 is 0 Å². The van der Waals surface area contributed by atoms with E-state index in [1.54, 1.807) is 0 Å². The summed E-state index contributed by atoms with van der Waals surface area (Å²) in [5, 5.41) is 4.96. The minimum Gasteiger partial charge on any atom is -0.466 e. The number of hydrogen-bond donors (Lipinski definition) is 2. The molecule has 0 unspecified atom stereocenters. The third kappa shape index (κ3) is 2.23. The van der Waals surface area contributed by atoms with Crippen molar-refractivity contribution in [3.63, 3.8) is 0 Å². The Bertz CT molecular complexity index is 285. The van der Waals surface area contributed by atoms with Crippen LogP contribution in [-0.2, 0) is 14.3 Å². The highest BCUT2D eigenvalue weighted by Gasteiger charge is 2.22. The highest BCUT2D eigenvalue weighted by atomic mass is 16.5. The lowest BCUT2D eigenvalue weighted by atomic mass is 10.2. The monoisotopic (exact) mass is 200 g/mol. The molecular weight excluding hydrogens is 188 g/mol. The zero-order valence-electron chi connectivity index (χ0n) is 8.05. The summed E-state index contributed by atoms with van der Waals surface area (Å²) in [4.78, 5) is 22.2. The maximum Gasteiger partial charge on any atom is 0.337 e. The predicted octanol–water partition coefficient (Wildman–Crippen LogP) is -0.627. The van der Waals surface area contributed by atoms with Gasteiger partial charge in [-0.05, 0) is 0 Å². The maximum absolute atomic E-state index is 11.2. The summed E-state index contributed by atoms with van der Waals surface area (Å²) in [5.74, 6) is -0.468. The molecule has 2 N–H and O–H groups in total. The second-order valence-corrected chi connectivity index (χ2v) is 2.69. The number of rotatable bonds is 3. The number of esters is 1. The smallest absolute Gasteiger partial charge is 0.337 e. The summed E-state index contributed by atoms with van der Waals surface area (Å²) < 4.78 is 9.40. The van der Waals surface area contributed by atoms with E-state index in [1.807, 2.05) is 0 Å². The van der Waals surface area contributed by atoms with Gasteiger partial charge < -0.3 is 20.1 Å². The molecule has 1 rings (SSSR count). The Kier molecular flexibility index (Phi) is 3.47. The normalized spacial score (nSPS) is 16.0. The van der Waals surface area contributed by atoms with Crippen molar-refractivity contribution in [2.75, 3.05) is 27.4 Å². The van der Waals surface area contributed by atoms with Gasteiger partial charge in [0.1, 0.15) is 0 Å². The fourth-order valence-electron chi connectivity index (χ4n) is 1.12. The van der Waals surface area contributed by atoms with Gasteiger partial charge >= 0.3 is 12.0 Å². The largest absolute Gasteiger partial charge is 0.466 e. The van der Waals surface area contributed by atoms with Crippen LogP contribution in [-0.4, -0.2) is 39.4 Å². The molecule has 0 spiro atoms. The highest BCUT2D eigenvalue weighted by molar-refractivity contribution is 5.93. The molecule has 2 amide bonds. The van der Waals surface area contributed by atoms with Gasteiger partial charge in [0, 0.05) is 7.11 Å². The van der Waals surface area contributed by atoms with Crippen molar-refractivity contribution >= 4 is 12.0 Å². The van der Waals surface area contributed by atoms with Gasteiger partial charge in [-0.15, -0.1) is 0 Å². The Morgan fingerprint density at radius 1 is 1.50 bits per heavy atom. The second kappa shape index (κ2) is 4.61. The van der Waals surface area contributed by atoms with Gasteiger partial charge in [0.25, 0.3) is 0 Å². The van der Waals surface area contributed by atoms with Gasteiger partial charge in [0.15, 0.2) is 0 Å². The van der Waals surface area contributed by atoms with Crippen molar-refractivity contribution in [2.24, 2.45) is 0 Å². The Hall–Kier alpha value is -1.56. The van der Waals surface area contributed by atoms with Gasteiger partial charge in [-0.3, -0.25) is 0 Å². The number of methoxy groups -OCH3 is 2. The molecule has 78 valence electrons. The van der Waals surface area contributed by atoms with Crippen LogP contribution in [0.25, 0.3) is 0 Å². The fourth-order valence-corrected chi connectivity index (χ4v) is 1.12. The van der Waals surface area contributed by atoms with Gasteiger partial charge in [0.05, 0.1) is 31.5 Å². The van der Waals surface area contributed by atoms with Crippen molar-refractivity contribution in [3.05, 3.63) is 11.3 Å². The number of amides is 2. The van der Waals surface area contributed by atoms with E-state index in [0.29, 0.717) is 11.3 Å². The minimum atomic E-state index is -0.468. The van der Waals surface area contributed by atoms with Crippen LogP contribution in [0.3, 0.4) is 0 Å². The molecule has 0 aromatic carbocycles. The number of nitrogens with one attached hydrogen (secondary N) is 2. The van der Waals surface area contributed by atoms with E-state index in [2.05, 4.69) is 15.4 Å². The molecular formula is C8H12N2O4. The summed E-state index contributed by atoms with van der Waals surface area (Å²) in [7, 11) is 2.77. The first kappa shape index (κ1) is 10.5. The summed E-state index contributed by atoms with van der Waals surface area (Å²) in [6.45, 7) is 0.342. The van der Waals surface area contributed by atoms with E-state index in [4.69, 9.17) is 4.74 Å². The SMILES string of the molecule is COCC1=C(C(=O)OC)CNC(=O)N1. The highest BCUT2D eigenvalue weighted by Crippen LogP contribution is 2.07. The third-order valence-corrected chi connectivity index (χ3v) is 1.77. The van der Waals surface area contributed by atoms with Crippen LogP contribution in [0.5, 0.6) is 0 Å². The first-order valence-corrected chi connectivity index (χ1v) is 4.03. The maximum atomic E-state index is 11.2. The average Bonchev–Trinajstić information content (AvgIpc) is 2.17. The quantitative estimate of drug-likeness (QED) is 0.595. The lowest BCUT2D eigenvalue weighted by molar-refractivity contribution is -0.136. The first-order chi connectivity index (χ1) is 6.69. The van der Waals surface area contributed by atoms with Crippen LogP contribution in [0, 0.1) is 0 Å². The predicted molar refractivity (Wildman–Crippen MR) is 47.5 cm³/mol. The molecule has 0 atom stereocenters. The summed E-state index contributed by atoms with van der Waals surface area (Å²) in [5.41, 5.74) is 0.831. The lowest BCUT2D eigenvalue weighted by Gasteiger charge is -2.20. The zero-order valence-corrected chi connectivity index (χ0v) is 8.05. The number of carbonyl (C=O) groups is 2. The van der Waals surface area contributed by atoms with Gasteiger partial charge in [0.2, 0.25) is 0 Å². The molecule has 1 heterocycles. The van der Waals surface area contributed by atoms with Crippen molar-refractivity contribution in [2.45, 2.75) is 0 Å². The number of carbonyl (C=O) groups excluding carboxylic acids is 2.